The third-order valence-electron chi connectivity index (χ3n) is 6.33. The Hall–Kier alpha value is -2.67. The van der Waals surface area contributed by atoms with E-state index in [9.17, 15) is 4.39 Å². The topological polar surface area (TPSA) is 0 Å². The number of hydrogen-bond donors (Lipinski definition) is 0. The third-order valence-corrected chi connectivity index (χ3v) is 6.33. The summed E-state index contributed by atoms with van der Waals surface area (Å²) in [5.74, 6) is 0.519. The van der Waals surface area contributed by atoms with Gasteiger partial charge >= 0.3 is 0 Å². The Kier molecular flexibility index (Phi) is 3.79. The monoisotopic (exact) mass is 354 g/mol. The summed E-state index contributed by atoms with van der Waals surface area (Å²) >= 11 is 0. The van der Waals surface area contributed by atoms with Crippen LogP contribution in [0.25, 0.3) is 23.8 Å². The van der Waals surface area contributed by atoms with Crippen LogP contribution in [-0.2, 0) is 0 Å². The van der Waals surface area contributed by atoms with Crippen molar-refractivity contribution in [2.45, 2.75) is 32.6 Å². The Morgan fingerprint density at radius 3 is 2.74 bits per heavy atom. The van der Waals surface area contributed by atoms with Gasteiger partial charge in [0.1, 0.15) is 5.82 Å². The Bertz CT molecular complexity index is 1160. The fourth-order valence-corrected chi connectivity index (χ4v) is 4.64. The molecule has 0 heterocycles. The number of halogens is 1. The van der Waals surface area contributed by atoms with E-state index in [1.54, 1.807) is 12.1 Å². The Balaban J connectivity index is 1.58. The van der Waals surface area contributed by atoms with Crippen molar-refractivity contribution in [2.75, 3.05) is 0 Å². The van der Waals surface area contributed by atoms with Gasteiger partial charge in [-0.05, 0) is 64.5 Å². The van der Waals surface area contributed by atoms with Gasteiger partial charge in [-0.3, -0.25) is 0 Å². The molecule has 27 heavy (non-hydrogen) atoms. The van der Waals surface area contributed by atoms with Gasteiger partial charge < -0.3 is 0 Å². The van der Waals surface area contributed by atoms with Crippen molar-refractivity contribution < 1.29 is 4.39 Å². The van der Waals surface area contributed by atoms with E-state index in [1.165, 1.54) is 38.3 Å². The van der Waals surface area contributed by atoms with Gasteiger partial charge in [-0.2, -0.15) is 0 Å². The lowest BCUT2D eigenvalue weighted by molar-refractivity contribution is 0.596. The molecule has 0 saturated heterocycles. The number of allylic oxidation sites excluding steroid dienone is 5. The molecule has 0 amide bonds. The molecule has 0 spiro atoms. The normalized spacial score (nSPS) is 22.9. The third kappa shape index (κ3) is 2.65. The first-order valence-corrected chi connectivity index (χ1v) is 9.80. The molecule has 0 fully saturated rings. The summed E-state index contributed by atoms with van der Waals surface area (Å²) in [5, 5.41) is 2.75. The predicted molar refractivity (Wildman–Crippen MR) is 112 cm³/mol. The van der Waals surface area contributed by atoms with E-state index in [2.05, 4.69) is 56.4 Å². The molecule has 0 aromatic heterocycles. The average Bonchev–Trinajstić information content (AvgIpc) is 2.68. The largest absolute Gasteiger partial charge is 0.207 e. The highest BCUT2D eigenvalue weighted by atomic mass is 19.1. The van der Waals surface area contributed by atoms with Crippen molar-refractivity contribution in [3.8, 4) is 0 Å². The van der Waals surface area contributed by atoms with E-state index in [-0.39, 0.29) is 11.7 Å². The second kappa shape index (κ2) is 6.20. The second-order valence-corrected chi connectivity index (χ2v) is 7.99. The van der Waals surface area contributed by atoms with E-state index in [4.69, 9.17) is 0 Å². The molecule has 1 unspecified atom stereocenters. The molecule has 3 aliphatic carbocycles. The van der Waals surface area contributed by atoms with Crippen molar-refractivity contribution in [1.29, 1.82) is 0 Å². The van der Waals surface area contributed by atoms with Crippen LogP contribution in [0.15, 0.2) is 59.7 Å². The van der Waals surface area contributed by atoms with Crippen molar-refractivity contribution in [3.05, 3.63) is 92.6 Å². The second-order valence-electron chi connectivity index (χ2n) is 7.99. The van der Waals surface area contributed by atoms with Crippen LogP contribution >= 0.6 is 0 Å². The number of rotatable bonds is 1. The Morgan fingerprint density at radius 2 is 1.89 bits per heavy atom. The molecule has 3 aliphatic rings. The van der Waals surface area contributed by atoms with Gasteiger partial charge in [0.25, 0.3) is 0 Å². The van der Waals surface area contributed by atoms with Crippen molar-refractivity contribution >= 4 is 23.8 Å². The molecule has 1 heteroatoms. The Labute approximate surface area is 159 Å². The van der Waals surface area contributed by atoms with Gasteiger partial charge in [0.15, 0.2) is 0 Å². The van der Waals surface area contributed by atoms with Crippen LogP contribution in [0.4, 0.5) is 4.39 Å². The van der Waals surface area contributed by atoms with Gasteiger partial charge in [0.05, 0.1) is 0 Å². The van der Waals surface area contributed by atoms with Crippen molar-refractivity contribution in [3.63, 3.8) is 0 Å². The van der Waals surface area contributed by atoms with Gasteiger partial charge in [-0.1, -0.05) is 78.8 Å². The van der Waals surface area contributed by atoms with Gasteiger partial charge in [0.2, 0.25) is 0 Å². The molecular weight excluding hydrogens is 331 g/mol. The molecule has 5 rings (SSSR count). The minimum absolute atomic E-state index is 0.101. The van der Waals surface area contributed by atoms with Gasteiger partial charge in [-0.15, -0.1) is 0 Å². The molecule has 0 nitrogen and oxygen atoms in total. The maximum Gasteiger partial charge on any atom is 0.127 e. The molecule has 0 aliphatic heterocycles. The zero-order chi connectivity index (χ0) is 18.5. The highest BCUT2D eigenvalue weighted by molar-refractivity contribution is 5.83. The van der Waals surface area contributed by atoms with Crippen LogP contribution in [-0.4, -0.2) is 0 Å². The number of fused-ring (bicyclic) bond motifs is 4. The molecule has 0 N–H and O–H groups in total. The molecule has 2 aromatic rings. The lowest BCUT2D eigenvalue weighted by Crippen LogP contribution is -2.34. The average molecular weight is 354 g/mol. The first-order chi connectivity index (χ1) is 13.1. The summed E-state index contributed by atoms with van der Waals surface area (Å²) in [6, 6.07) is 11.7. The smallest absolute Gasteiger partial charge is 0.127 e. The van der Waals surface area contributed by atoms with Crippen LogP contribution in [0.1, 0.15) is 49.3 Å². The molecule has 134 valence electrons. The Morgan fingerprint density at radius 1 is 1.04 bits per heavy atom. The zero-order valence-corrected chi connectivity index (χ0v) is 15.8. The quantitative estimate of drug-likeness (QED) is 0.648. The summed E-state index contributed by atoms with van der Waals surface area (Å²) in [7, 11) is 0. The summed E-state index contributed by atoms with van der Waals surface area (Å²) in [4.78, 5) is 0. The first-order valence-electron chi connectivity index (χ1n) is 9.80. The highest BCUT2D eigenvalue weighted by Gasteiger charge is 2.23. The van der Waals surface area contributed by atoms with Crippen LogP contribution < -0.4 is 10.4 Å². The van der Waals surface area contributed by atoms with E-state index in [1.807, 2.05) is 12.1 Å². The summed E-state index contributed by atoms with van der Waals surface area (Å²) in [6.45, 7) is 4.47. The fourth-order valence-electron chi connectivity index (χ4n) is 4.64. The summed E-state index contributed by atoms with van der Waals surface area (Å²) in [5.41, 5.74) is 7.65. The standard InChI is InChI=1S/C26H23F/c1-16-13-18-8-11-23-21-10-7-20(22-5-3-4-6-26(22)27)15-19(21)9-12-24(23)25(18)14-17(16)2/h3-8,10-14,17,20H,9,15H2,1-2H3/t17?,20-/m1/s1. The minimum atomic E-state index is -0.101. The molecular formula is C26H23F. The van der Waals surface area contributed by atoms with Crippen molar-refractivity contribution in [2.24, 2.45) is 5.92 Å². The van der Waals surface area contributed by atoms with Gasteiger partial charge in [0, 0.05) is 5.92 Å². The van der Waals surface area contributed by atoms with Crippen LogP contribution in [0, 0.1) is 11.7 Å². The highest BCUT2D eigenvalue weighted by Crippen LogP contribution is 2.38. The first kappa shape index (κ1) is 16.5. The summed E-state index contributed by atoms with van der Waals surface area (Å²) in [6.07, 6.45) is 13.4. The van der Waals surface area contributed by atoms with Gasteiger partial charge in [-0.25, -0.2) is 4.39 Å². The molecule has 0 bridgehead atoms. The maximum atomic E-state index is 14.2. The lowest BCUT2D eigenvalue weighted by Gasteiger charge is -2.26. The van der Waals surface area contributed by atoms with Crippen LogP contribution in [0.2, 0.25) is 0 Å². The molecule has 2 aromatic carbocycles. The maximum absolute atomic E-state index is 14.2. The predicted octanol–water partition coefficient (Wildman–Crippen LogP) is 5.34. The molecule has 0 saturated carbocycles. The summed E-state index contributed by atoms with van der Waals surface area (Å²) < 4.78 is 14.2. The number of benzene rings is 2. The lowest BCUT2D eigenvalue weighted by atomic mass is 9.78. The van der Waals surface area contributed by atoms with E-state index < -0.39 is 0 Å². The zero-order valence-electron chi connectivity index (χ0n) is 15.8. The molecule has 0 radical (unpaired) electrons. The van der Waals surface area contributed by atoms with E-state index in [0.717, 1.165) is 18.4 Å². The fraction of sp³-hybridized carbons (Fsp3) is 0.231. The number of hydrogen-bond acceptors (Lipinski definition) is 0. The molecule has 2 atom stereocenters. The van der Waals surface area contributed by atoms with E-state index in [0.29, 0.717) is 5.92 Å². The SMILES string of the molecule is CC1=Cc2ccc3c(c2=CC1C)=CCC1=C3C=C[C@@H](c2ccccc2F)C1. The van der Waals surface area contributed by atoms with E-state index >= 15 is 0 Å². The minimum Gasteiger partial charge on any atom is -0.207 e. The van der Waals surface area contributed by atoms with Crippen LogP contribution in [0.5, 0.6) is 0 Å². The van der Waals surface area contributed by atoms with Crippen LogP contribution in [0.3, 0.4) is 0 Å². The van der Waals surface area contributed by atoms with Crippen molar-refractivity contribution in [1.82, 2.24) is 0 Å².